The Morgan fingerprint density at radius 3 is 2.71 bits per heavy atom. The third kappa shape index (κ3) is 4.85. The van der Waals surface area contributed by atoms with Crippen molar-refractivity contribution in [2.75, 3.05) is 19.0 Å². The molecule has 5 aromatic rings. The molecule has 9 heteroatoms. The first kappa shape index (κ1) is 24.1. The third-order valence-electron chi connectivity index (χ3n) is 6.73. The predicted molar refractivity (Wildman–Crippen MR) is 148 cm³/mol. The fourth-order valence-corrected chi connectivity index (χ4v) is 4.90. The number of ether oxygens (including phenoxy) is 1. The van der Waals surface area contributed by atoms with Crippen molar-refractivity contribution in [3.05, 3.63) is 73.1 Å². The third-order valence-corrected chi connectivity index (χ3v) is 6.73. The minimum absolute atomic E-state index is 0.430. The van der Waals surface area contributed by atoms with Crippen LogP contribution in [-0.4, -0.2) is 48.7 Å². The SMILES string of the molecule is COc1cc(-c2cnc3n2CCNC3)ccc1Nc1cc2cc(-c3cnn(CC(C)(C)O)c3)ccc2cn1. The van der Waals surface area contributed by atoms with Gasteiger partial charge < -0.3 is 25.0 Å². The number of pyridine rings is 1. The quantitative estimate of drug-likeness (QED) is 0.295. The summed E-state index contributed by atoms with van der Waals surface area (Å²) >= 11 is 0. The van der Waals surface area contributed by atoms with Crippen LogP contribution in [0.5, 0.6) is 5.75 Å². The highest BCUT2D eigenvalue weighted by molar-refractivity contribution is 5.89. The first-order valence-corrected chi connectivity index (χ1v) is 12.7. The summed E-state index contributed by atoms with van der Waals surface area (Å²) in [5.74, 6) is 2.52. The lowest BCUT2D eigenvalue weighted by atomic mass is 10.0. The van der Waals surface area contributed by atoms with Gasteiger partial charge in [0.1, 0.15) is 17.4 Å². The number of hydrogen-bond donors (Lipinski definition) is 3. The zero-order chi connectivity index (χ0) is 26.3. The molecule has 0 saturated heterocycles. The largest absolute Gasteiger partial charge is 0.495 e. The Bertz CT molecular complexity index is 1610. The number of aromatic nitrogens is 5. The van der Waals surface area contributed by atoms with E-state index in [1.807, 2.05) is 43.0 Å². The molecule has 9 nitrogen and oxygen atoms in total. The molecule has 194 valence electrons. The van der Waals surface area contributed by atoms with E-state index in [1.54, 1.807) is 25.6 Å². The predicted octanol–water partition coefficient (Wildman–Crippen LogP) is 4.59. The molecule has 0 unspecified atom stereocenters. The van der Waals surface area contributed by atoms with Crippen LogP contribution in [0.4, 0.5) is 11.5 Å². The van der Waals surface area contributed by atoms with Crippen LogP contribution in [0.3, 0.4) is 0 Å². The zero-order valence-electron chi connectivity index (χ0n) is 21.8. The number of rotatable bonds is 7. The molecule has 1 aliphatic rings. The van der Waals surface area contributed by atoms with Gasteiger partial charge in [0.05, 0.1) is 49.6 Å². The molecule has 0 bridgehead atoms. The Kier molecular flexibility index (Phi) is 6.09. The van der Waals surface area contributed by atoms with Crippen molar-refractivity contribution in [1.29, 1.82) is 0 Å². The number of nitrogens with one attached hydrogen (secondary N) is 2. The van der Waals surface area contributed by atoms with E-state index >= 15 is 0 Å². The number of imidazole rings is 1. The maximum absolute atomic E-state index is 10.1. The number of methoxy groups -OCH3 is 1. The second-order valence-corrected chi connectivity index (χ2v) is 10.3. The summed E-state index contributed by atoms with van der Waals surface area (Å²) in [6.07, 6.45) is 7.58. The van der Waals surface area contributed by atoms with Crippen molar-refractivity contribution < 1.29 is 9.84 Å². The summed E-state index contributed by atoms with van der Waals surface area (Å²) in [5.41, 5.74) is 4.22. The minimum atomic E-state index is -0.825. The Hall–Kier alpha value is -4.21. The lowest BCUT2D eigenvalue weighted by Crippen LogP contribution is -2.28. The van der Waals surface area contributed by atoms with Crippen LogP contribution in [0.15, 0.2) is 67.3 Å². The van der Waals surface area contributed by atoms with Crippen LogP contribution in [-0.2, 0) is 19.6 Å². The molecule has 0 saturated carbocycles. The number of hydrogen-bond acceptors (Lipinski definition) is 7. The monoisotopic (exact) mass is 509 g/mol. The smallest absolute Gasteiger partial charge is 0.143 e. The fraction of sp³-hybridized carbons (Fsp3) is 0.276. The molecule has 0 radical (unpaired) electrons. The molecule has 38 heavy (non-hydrogen) atoms. The lowest BCUT2D eigenvalue weighted by Gasteiger charge is -2.18. The summed E-state index contributed by atoms with van der Waals surface area (Å²) in [7, 11) is 1.68. The normalized spacial score (nSPS) is 13.5. The lowest BCUT2D eigenvalue weighted by molar-refractivity contribution is 0.0577. The molecular formula is C29H31N7O2. The van der Waals surface area contributed by atoms with E-state index < -0.39 is 5.60 Å². The maximum Gasteiger partial charge on any atom is 0.143 e. The number of benzene rings is 2. The zero-order valence-corrected chi connectivity index (χ0v) is 21.8. The van der Waals surface area contributed by atoms with Gasteiger partial charge in [-0.25, -0.2) is 9.97 Å². The molecule has 0 aliphatic carbocycles. The minimum Gasteiger partial charge on any atom is -0.495 e. The summed E-state index contributed by atoms with van der Waals surface area (Å²) < 4.78 is 9.77. The van der Waals surface area contributed by atoms with Crippen molar-refractivity contribution in [3.63, 3.8) is 0 Å². The summed E-state index contributed by atoms with van der Waals surface area (Å²) in [6, 6.07) is 14.4. The standard InChI is InChI=1S/C29H31N7O2/c1-29(2,37)18-35-17-23(14-33-35)19-4-5-21-13-31-27(12-22(21)10-19)34-24-7-6-20(11-26(24)38-3)25-15-32-28-16-30-8-9-36(25)28/h4-7,10-15,17,30,37H,8-9,16,18H2,1-3H3,(H,31,34). The summed E-state index contributed by atoms with van der Waals surface area (Å²) in [6.45, 7) is 6.60. The van der Waals surface area contributed by atoms with Crippen molar-refractivity contribution in [3.8, 4) is 28.1 Å². The first-order valence-electron chi connectivity index (χ1n) is 12.7. The summed E-state index contributed by atoms with van der Waals surface area (Å²) in [4.78, 5) is 9.19. The van der Waals surface area contributed by atoms with Gasteiger partial charge in [-0.3, -0.25) is 4.68 Å². The Labute approximate surface area is 221 Å². The average molecular weight is 510 g/mol. The van der Waals surface area contributed by atoms with E-state index in [2.05, 4.69) is 54.5 Å². The van der Waals surface area contributed by atoms with Gasteiger partial charge in [-0.2, -0.15) is 5.10 Å². The highest BCUT2D eigenvalue weighted by Crippen LogP contribution is 2.34. The van der Waals surface area contributed by atoms with E-state index in [4.69, 9.17) is 4.74 Å². The van der Waals surface area contributed by atoms with E-state index in [0.29, 0.717) is 6.54 Å². The van der Waals surface area contributed by atoms with Crippen LogP contribution in [0.1, 0.15) is 19.7 Å². The van der Waals surface area contributed by atoms with Crippen LogP contribution >= 0.6 is 0 Å². The second kappa shape index (κ2) is 9.59. The second-order valence-electron chi connectivity index (χ2n) is 10.3. The number of anilines is 2. The topological polar surface area (TPSA) is 102 Å². The van der Waals surface area contributed by atoms with Crippen molar-refractivity contribution in [2.24, 2.45) is 0 Å². The van der Waals surface area contributed by atoms with Crippen LogP contribution < -0.4 is 15.4 Å². The fourth-order valence-electron chi connectivity index (χ4n) is 4.90. The number of nitrogens with zero attached hydrogens (tertiary/aromatic N) is 5. The molecule has 2 aromatic carbocycles. The average Bonchev–Trinajstić information content (AvgIpc) is 3.55. The van der Waals surface area contributed by atoms with Gasteiger partial charge in [0.25, 0.3) is 0 Å². The highest BCUT2D eigenvalue weighted by atomic mass is 16.5. The first-order chi connectivity index (χ1) is 18.4. The van der Waals surface area contributed by atoms with E-state index in [1.165, 1.54) is 0 Å². The summed E-state index contributed by atoms with van der Waals surface area (Å²) in [5, 5.41) is 23.4. The molecule has 6 rings (SSSR count). The van der Waals surface area contributed by atoms with Crippen molar-refractivity contribution in [2.45, 2.75) is 39.1 Å². The Morgan fingerprint density at radius 2 is 1.87 bits per heavy atom. The van der Waals surface area contributed by atoms with Gasteiger partial charge in [-0.1, -0.05) is 18.2 Å². The van der Waals surface area contributed by atoms with Crippen LogP contribution in [0.2, 0.25) is 0 Å². The van der Waals surface area contributed by atoms with Crippen molar-refractivity contribution >= 4 is 22.3 Å². The molecule has 3 N–H and O–H groups in total. The number of aliphatic hydroxyl groups is 1. The van der Waals surface area contributed by atoms with Gasteiger partial charge in [-0.15, -0.1) is 0 Å². The Balaban J connectivity index is 1.26. The molecule has 3 aromatic heterocycles. The molecule has 0 atom stereocenters. The van der Waals surface area contributed by atoms with Crippen LogP contribution in [0, 0.1) is 0 Å². The molecule has 0 spiro atoms. The van der Waals surface area contributed by atoms with Gasteiger partial charge in [0, 0.05) is 42.0 Å². The van der Waals surface area contributed by atoms with Gasteiger partial charge in [0.2, 0.25) is 0 Å². The molecule has 0 amide bonds. The van der Waals surface area contributed by atoms with Crippen molar-refractivity contribution in [1.82, 2.24) is 29.6 Å². The van der Waals surface area contributed by atoms with Gasteiger partial charge in [0.15, 0.2) is 0 Å². The molecule has 4 heterocycles. The Morgan fingerprint density at radius 1 is 1.00 bits per heavy atom. The maximum atomic E-state index is 10.1. The highest BCUT2D eigenvalue weighted by Gasteiger charge is 2.17. The molecule has 0 fully saturated rings. The van der Waals surface area contributed by atoms with E-state index in [9.17, 15) is 5.11 Å². The van der Waals surface area contributed by atoms with Gasteiger partial charge in [-0.05, 0) is 49.1 Å². The molecular weight excluding hydrogens is 478 g/mol. The van der Waals surface area contributed by atoms with Gasteiger partial charge >= 0.3 is 0 Å². The van der Waals surface area contributed by atoms with Crippen LogP contribution in [0.25, 0.3) is 33.2 Å². The number of fused-ring (bicyclic) bond motifs is 2. The van der Waals surface area contributed by atoms with E-state index in [-0.39, 0.29) is 0 Å². The van der Waals surface area contributed by atoms with E-state index in [0.717, 1.165) is 75.9 Å². The molecule has 1 aliphatic heterocycles.